The fraction of sp³-hybridized carbons (Fsp3) is 0.571. The van der Waals surface area contributed by atoms with Crippen LogP contribution < -0.4 is 0 Å². The molecule has 0 bridgehead atoms. The van der Waals surface area contributed by atoms with E-state index in [1.807, 2.05) is 0 Å². The van der Waals surface area contributed by atoms with Crippen LogP contribution in [0.2, 0.25) is 5.02 Å². The van der Waals surface area contributed by atoms with Crippen LogP contribution in [0.25, 0.3) is 0 Å². The quantitative estimate of drug-likeness (QED) is 0.675. The third-order valence-corrected chi connectivity index (χ3v) is 7.07. The summed E-state index contributed by atoms with van der Waals surface area (Å²) in [5, 5.41) is 0.885. The van der Waals surface area contributed by atoms with Crippen molar-refractivity contribution in [1.29, 1.82) is 0 Å². The fourth-order valence-electron chi connectivity index (χ4n) is 6.75. The van der Waals surface area contributed by atoms with Crippen molar-refractivity contribution in [2.45, 2.75) is 5.41 Å². The maximum Gasteiger partial charge on any atom is 0.0406 e. The SMILES string of the molecule is Clc1ccc(C23C4C5C6C4C2C6C53)cc1. The van der Waals surface area contributed by atoms with Crippen molar-refractivity contribution in [1.82, 2.24) is 0 Å². The Hall–Kier alpha value is -0.490. The van der Waals surface area contributed by atoms with E-state index in [-0.39, 0.29) is 0 Å². The van der Waals surface area contributed by atoms with Gasteiger partial charge in [-0.15, -0.1) is 0 Å². The highest BCUT2D eigenvalue weighted by atomic mass is 35.5. The van der Waals surface area contributed by atoms with E-state index in [0.29, 0.717) is 5.41 Å². The molecule has 6 saturated carbocycles. The lowest BCUT2D eigenvalue weighted by Crippen LogP contribution is -3.06. The molecule has 0 atom stereocenters. The number of rotatable bonds is 1. The molecular weight excluding hydrogens is 204 g/mol. The predicted octanol–water partition coefficient (Wildman–Crippen LogP) is 2.96. The number of hydrogen-bond acceptors (Lipinski definition) is 0. The second-order valence-corrected chi connectivity index (χ2v) is 6.76. The van der Waals surface area contributed by atoms with E-state index in [1.54, 1.807) is 5.56 Å². The maximum atomic E-state index is 5.97. The van der Waals surface area contributed by atoms with Gasteiger partial charge in [-0.25, -0.2) is 0 Å². The van der Waals surface area contributed by atoms with Gasteiger partial charge in [0.25, 0.3) is 0 Å². The molecule has 7 rings (SSSR count). The molecule has 74 valence electrons. The lowest BCUT2D eigenvalue weighted by Gasteiger charge is -3.08. The molecule has 1 aromatic rings. The summed E-state index contributed by atoms with van der Waals surface area (Å²) in [6.45, 7) is 0. The molecule has 6 aliphatic rings. The van der Waals surface area contributed by atoms with E-state index in [9.17, 15) is 0 Å². The van der Waals surface area contributed by atoms with Crippen molar-refractivity contribution in [2.75, 3.05) is 0 Å². The molecule has 0 saturated heterocycles. The topological polar surface area (TPSA) is 0 Å². The third-order valence-electron chi connectivity index (χ3n) is 6.82. The van der Waals surface area contributed by atoms with Crippen LogP contribution in [0, 0.1) is 41.4 Å². The van der Waals surface area contributed by atoms with Crippen molar-refractivity contribution >= 4 is 11.6 Å². The van der Waals surface area contributed by atoms with Crippen molar-refractivity contribution in [3.63, 3.8) is 0 Å². The largest absolute Gasteiger partial charge is 0.0843 e. The van der Waals surface area contributed by atoms with E-state index >= 15 is 0 Å². The van der Waals surface area contributed by atoms with E-state index in [4.69, 9.17) is 11.6 Å². The van der Waals surface area contributed by atoms with E-state index in [0.717, 1.165) is 22.8 Å². The average Bonchev–Trinajstić information content (AvgIpc) is 2.30. The minimum Gasteiger partial charge on any atom is -0.0843 e. The minimum atomic E-state index is 0.694. The third kappa shape index (κ3) is 0.370. The van der Waals surface area contributed by atoms with Gasteiger partial charge in [-0.1, -0.05) is 23.7 Å². The molecule has 6 aliphatic carbocycles. The Balaban J connectivity index is 1.55. The summed E-state index contributed by atoms with van der Waals surface area (Å²) in [5.74, 6) is 8.11. The van der Waals surface area contributed by atoms with Crippen LogP contribution in [0.4, 0.5) is 0 Å². The fourth-order valence-corrected chi connectivity index (χ4v) is 6.87. The normalized spacial score (nSPS) is 67.9. The van der Waals surface area contributed by atoms with Crippen LogP contribution in [-0.4, -0.2) is 0 Å². The van der Waals surface area contributed by atoms with Gasteiger partial charge >= 0.3 is 0 Å². The molecule has 1 heteroatoms. The average molecular weight is 215 g/mol. The molecule has 0 spiro atoms. The molecule has 0 amide bonds. The molecule has 0 unspecified atom stereocenters. The summed E-state index contributed by atoms with van der Waals surface area (Å²) in [5.41, 5.74) is 2.31. The number of hydrogen-bond donors (Lipinski definition) is 0. The monoisotopic (exact) mass is 214 g/mol. The Labute approximate surface area is 93.6 Å². The van der Waals surface area contributed by atoms with Gasteiger partial charge in [0.1, 0.15) is 0 Å². The standard InChI is InChI=1S/C14H11Cl/c15-6-3-1-5(2-4-6)14-11-8-7-9(11)13(14)10(7)12(8)14/h1-4,7-13H. The Morgan fingerprint density at radius 2 is 1.33 bits per heavy atom. The molecule has 0 aliphatic heterocycles. The van der Waals surface area contributed by atoms with Crippen molar-refractivity contribution in [2.24, 2.45) is 41.4 Å². The highest BCUT2D eigenvalue weighted by Gasteiger charge is 3.04. The Morgan fingerprint density at radius 3 is 1.87 bits per heavy atom. The molecule has 15 heavy (non-hydrogen) atoms. The van der Waals surface area contributed by atoms with Crippen molar-refractivity contribution < 1.29 is 0 Å². The van der Waals surface area contributed by atoms with Crippen LogP contribution in [0.1, 0.15) is 5.56 Å². The first-order valence-electron chi connectivity index (χ1n) is 6.13. The summed E-state index contributed by atoms with van der Waals surface area (Å²) >= 11 is 5.97. The van der Waals surface area contributed by atoms with Crippen LogP contribution in [0.5, 0.6) is 0 Å². The number of halogens is 1. The zero-order chi connectivity index (χ0) is 9.52. The van der Waals surface area contributed by atoms with Crippen LogP contribution in [-0.2, 0) is 5.41 Å². The van der Waals surface area contributed by atoms with Crippen LogP contribution in [0.3, 0.4) is 0 Å². The van der Waals surface area contributed by atoms with Gasteiger partial charge < -0.3 is 0 Å². The van der Waals surface area contributed by atoms with Crippen LogP contribution >= 0.6 is 11.6 Å². The first-order chi connectivity index (χ1) is 7.37. The Bertz CT molecular complexity index is 464. The van der Waals surface area contributed by atoms with E-state index in [1.165, 1.54) is 23.7 Å². The summed E-state index contributed by atoms with van der Waals surface area (Å²) < 4.78 is 0. The van der Waals surface area contributed by atoms with Crippen molar-refractivity contribution in [3.8, 4) is 0 Å². The van der Waals surface area contributed by atoms with E-state index in [2.05, 4.69) is 24.3 Å². The van der Waals surface area contributed by atoms with Gasteiger partial charge in [-0.05, 0) is 59.1 Å². The van der Waals surface area contributed by atoms with E-state index < -0.39 is 0 Å². The summed E-state index contributed by atoms with van der Waals surface area (Å²) in [6, 6.07) is 8.75. The minimum absolute atomic E-state index is 0.694. The molecule has 0 radical (unpaired) electrons. The van der Waals surface area contributed by atoms with Gasteiger partial charge in [0.15, 0.2) is 0 Å². The van der Waals surface area contributed by atoms with Crippen molar-refractivity contribution in [3.05, 3.63) is 34.9 Å². The smallest absolute Gasteiger partial charge is 0.0406 e. The number of benzene rings is 1. The van der Waals surface area contributed by atoms with Crippen LogP contribution in [0.15, 0.2) is 24.3 Å². The maximum absolute atomic E-state index is 5.97. The van der Waals surface area contributed by atoms with Gasteiger partial charge in [0.05, 0.1) is 0 Å². The van der Waals surface area contributed by atoms with Gasteiger partial charge in [-0.3, -0.25) is 0 Å². The first-order valence-corrected chi connectivity index (χ1v) is 6.50. The second-order valence-electron chi connectivity index (χ2n) is 6.33. The van der Waals surface area contributed by atoms with Gasteiger partial charge in [0, 0.05) is 10.4 Å². The highest BCUT2D eigenvalue weighted by molar-refractivity contribution is 6.30. The summed E-state index contributed by atoms with van der Waals surface area (Å²) in [7, 11) is 0. The Kier molecular flexibility index (Phi) is 0.736. The first kappa shape index (κ1) is 6.96. The van der Waals surface area contributed by atoms with Gasteiger partial charge in [0.2, 0.25) is 0 Å². The molecule has 6 fully saturated rings. The predicted molar refractivity (Wildman–Crippen MR) is 57.6 cm³/mol. The highest BCUT2D eigenvalue weighted by Crippen LogP contribution is 3.05. The molecule has 0 N–H and O–H groups in total. The lowest BCUT2D eigenvalue weighted by atomic mass is 8.96. The summed E-state index contributed by atoms with van der Waals surface area (Å²) in [4.78, 5) is 0. The Morgan fingerprint density at radius 1 is 0.800 bits per heavy atom. The van der Waals surface area contributed by atoms with Gasteiger partial charge in [-0.2, -0.15) is 0 Å². The second kappa shape index (κ2) is 1.59. The lowest BCUT2D eigenvalue weighted by molar-refractivity contribution is -0.581. The molecular formula is C14H11Cl. The molecule has 1 aromatic carbocycles. The molecule has 0 aromatic heterocycles. The molecule has 0 nitrogen and oxygen atoms in total. The zero-order valence-corrected chi connectivity index (χ0v) is 8.98. The zero-order valence-electron chi connectivity index (χ0n) is 8.23. The molecule has 0 heterocycles. The summed E-state index contributed by atoms with van der Waals surface area (Å²) in [6.07, 6.45) is 0.